The van der Waals surface area contributed by atoms with Gasteiger partial charge >= 0.3 is 0 Å². The molecule has 0 fully saturated rings. The molecule has 3 heteroatoms. The Kier molecular flexibility index (Phi) is 5.73. The van der Waals surface area contributed by atoms with E-state index in [1.165, 1.54) is 24.8 Å². The third-order valence-corrected chi connectivity index (χ3v) is 3.85. The van der Waals surface area contributed by atoms with E-state index >= 15 is 0 Å². The summed E-state index contributed by atoms with van der Waals surface area (Å²) in [6.07, 6.45) is 11.0. The Hall–Kier alpha value is -1.90. The summed E-state index contributed by atoms with van der Waals surface area (Å²) in [5.41, 5.74) is 1.96. The van der Waals surface area contributed by atoms with Crippen molar-refractivity contribution < 1.29 is 4.79 Å². The van der Waals surface area contributed by atoms with Crippen LogP contribution in [0.15, 0.2) is 43.0 Å². The van der Waals surface area contributed by atoms with Crippen molar-refractivity contribution in [3.05, 3.63) is 54.1 Å². The Morgan fingerprint density at radius 1 is 1.19 bits per heavy atom. The maximum Gasteiger partial charge on any atom is 0.185 e. The van der Waals surface area contributed by atoms with Crippen molar-refractivity contribution in [2.75, 3.05) is 0 Å². The highest BCUT2D eigenvalue weighted by Gasteiger charge is 2.20. The lowest BCUT2D eigenvalue weighted by Crippen LogP contribution is -2.19. The number of rotatable bonds is 8. The minimum Gasteiger partial charge on any atom is -0.327 e. The zero-order valence-electron chi connectivity index (χ0n) is 13.0. The van der Waals surface area contributed by atoms with Crippen LogP contribution >= 0.6 is 0 Å². The van der Waals surface area contributed by atoms with Crippen molar-refractivity contribution in [2.45, 2.75) is 52.0 Å². The van der Waals surface area contributed by atoms with Crippen LogP contribution in [0.3, 0.4) is 0 Å². The minimum atomic E-state index is -0.132. The van der Waals surface area contributed by atoms with Crippen molar-refractivity contribution in [1.82, 2.24) is 9.55 Å². The molecule has 1 aromatic heterocycles. The summed E-state index contributed by atoms with van der Waals surface area (Å²) in [4.78, 5) is 16.9. The predicted octanol–water partition coefficient (Wildman–Crippen LogP) is 4.59. The van der Waals surface area contributed by atoms with Gasteiger partial charge in [0, 0.05) is 18.0 Å². The van der Waals surface area contributed by atoms with Crippen LogP contribution < -0.4 is 0 Å². The van der Waals surface area contributed by atoms with Crippen LogP contribution in [-0.4, -0.2) is 15.3 Å². The molecule has 1 heterocycles. The van der Waals surface area contributed by atoms with E-state index in [2.05, 4.69) is 11.9 Å². The van der Waals surface area contributed by atoms with Crippen LogP contribution in [-0.2, 0) is 0 Å². The summed E-state index contributed by atoms with van der Waals surface area (Å²) in [6, 6.07) is 7.71. The second-order valence-electron chi connectivity index (χ2n) is 5.61. The van der Waals surface area contributed by atoms with Gasteiger partial charge in [0.05, 0.1) is 12.4 Å². The Morgan fingerprint density at radius 2 is 1.95 bits per heavy atom. The van der Waals surface area contributed by atoms with Gasteiger partial charge in [-0.2, -0.15) is 0 Å². The van der Waals surface area contributed by atoms with Crippen molar-refractivity contribution in [3.8, 4) is 0 Å². The molecule has 1 aromatic carbocycles. The number of Topliss-reactive ketones (excluding diaryl/α,β-unsaturated/α-hetero) is 1. The first-order valence-corrected chi connectivity index (χ1v) is 7.80. The first kappa shape index (κ1) is 15.5. The van der Waals surface area contributed by atoms with Gasteiger partial charge in [0.25, 0.3) is 0 Å². The third kappa shape index (κ3) is 4.28. The molecular weight excluding hydrogens is 260 g/mol. The number of aryl methyl sites for hydroxylation is 1. The molecule has 1 atom stereocenters. The predicted molar refractivity (Wildman–Crippen MR) is 85.5 cm³/mol. The van der Waals surface area contributed by atoms with Gasteiger partial charge in [0.2, 0.25) is 0 Å². The molecule has 0 aliphatic carbocycles. The first-order chi connectivity index (χ1) is 10.2. The minimum absolute atomic E-state index is 0.132. The summed E-state index contributed by atoms with van der Waals surface area (Å²) < 4.78 is 1.94. The smallest absolute Gasteiger partial charge is 0.185 e. The van der Waals surface area contributed by atoms with Crippen LogP contribution in [0.2, 0.25) is 0 Å². The quantitative estimate of drug-likeness (QED) is 0.525. The highest BCUT2D eigenvalue weighted by atomic mass is 16.1. The summed E-state index contributed by atoms with van der Waals surface area (Å²) in [7, 11) is 0. The fourth-order valence-electron chi connectivity index (χ4n) is 2.54. The summed E-state index contributed by atoms with van der Waals surface area (Å²) in [5, 5.41) is 0. The zero-order chi connectivity index (χ0) is 15.1. The first-order valence-electron chi connectivity index (χ1n) is 7.80. The maximum absolute atomic E-state index is 12.8. The van der Waals surface area contributed by atoms with E-state index in [1.807, 2.05) is 42.0 Å². The van der Waals surface area contributed by atoms with E-state index in [-0.39, 0.29) is 11.8 Å². The summed E-state index contributed by atoms with van der Waals surface area (Å²) in [6.45, 7) is 4.23. The molecule has 1 unspecified atom stereocenters. The van der Waals surface area contributed by atoms with Gasteiger partial charge in [-0.3, -0.25) is 4.79 Å². The molecule has 2 aromatic rings. The molecule has 0 saturated carbocycles. The average molecular weight is 284 g/mol. The normalized spacial score (nSPS) is 12.3. The van der Waals surface area contributed by atoms with E-state index < -0.39 is 0 Å². The Morgan fingerprint density at radius 3 is 2.57 bits per heavy atom. The van der Waals surface area contributed by atoms with Gasteiger partial charge in [-0.25, -0.2) is 4.98 Å². The number of ketones is 1. The molecule has 0 N–H and O–H groups in total. The molecule has 112 valence electrons. The van der Waals surface area contributed by atoms with Crippen molar-refractivity contribution in [1.29, 1.82) is 0 Å². The van der Waals surface area contributed by atoms with Gasteiger partial charge in [-0.05, 0) is 13.3 Å². The highest BCUT2D eigenvalue weighted by Crippen LogP contribution is 2.21. The summed E-state index contributed by atoms with van der Waals surface area (Å²) in [5.74, 6) is 0.185. The van der Waals surface area contributed by atoms with E-state index in [0.717, 1.165) is 18.4 Å². The van der Waals surface area contributed by atoms with E-state index in [1.54, 1.807) is 12.5 Å². The monoisotopic (exact) mass is 284 g/mol. The van der Waals surface area contributed by atoms with Crippen LogP contribution in [0.25, 0.3) is 0 Å². The molecule has 0 aliphatic rings. The number of imidazole rings is 1. The molecule has 0 saturated heterocycles. The Bertz CT molecular complexity index is 543. The number of carbonyl (C=O) groups excluding carboxylic acids is 1. The van der Waals surface area contributed by atoms with Crippen molar-refractivity contribution in [2.24, 2.45) is 0 Å². The number of hydrogen-bond donors (Lipinski definition) is 0. The number of benzene rings is 1. The van der Waals surface area contributed by atoms with Gasteiger partial charge < -0.3 is 4.57 Å². The topological polar surface area (TPSA) is 34.9 Å². The summed E-state index contributed by atoms with van der Waals surface area (Å²) >= 11 is 0. The van der Waals surface area contributed by atoms with E-state index in [0.29, 0.717) is 0 Å². The lowest BCUT2D eigenvalue weighted by molar-refractivity contribution is 0.0917. The maximum atomic E-state index is 12.8. The number of aromatic nitrogens is 2. The van der Waals surface area contributed by atoms with E-state index in [4.69, 9.17) is 0 Å². The molecule has 0 radical (unpaired) electrons. The van der Waals surface area contributed by atoms with Crippen LogP contribution in [0.5, 0.6) is 0 Å². The van der Waals surface area contributed by atoms with E-state index in [9.17, 15) is 4.79 Å². The number of nitrogens with zero attached hydrogens (tertiary/aromatic N) is 2. The fraction of sp³-hybridized carbons (Fsp3) is 0.444. The third-order valence-electron chi connectivity index (χ3n) is 3.85. The van der Waals surface area contributed by atoms with Crippen LogP contribution in [0, 0.1) is 6.92 Å². The number of unbranched alkanes of at least 4 members (excludes halogenated alkanes) is 3. The van der Waals surface area contributed by atoms with Crippen LogP contribution in [0.4, 0.5) is 0 Å². The lowest BCUT2D eigenvalue weighted by atomic mass is 9.98. The van der Waals surface area contributed by atoms with Gasteiger partial charge in [0.1, 0.15) is 0 Å². The number of carbonyl (C=O) groups is 1. The standard InChI is InChI=1S/C18H24N2O/c1-3-4-5-6-7-17(20-13-12-19-14-20)18(21)16-10-8-15(2)9-11-16/h8-14,17H,3-7H2,1-2H3. The lowest BCUT2D eigenvalue weighted by Gasteiger charge is -2.17. The molecule has 0 aliphatic heterocycles. The molecule has 0 spiro atoms. The molecule has 21 heavy (non-hydrogen) atoms. The molecular formula is C18H24N2O. The second-order valence-corrected chi connectivity index (χ2v) is 5.61. The van der Waals surface area contributed by atoms with Crippen LogP contribution in [0.1, 0.15) is 61.0 Å². The fourth-order valence-corrected chi connectivity index (χ4v) is 2.54. The van der Waals surface area contributed by atoms with Gasteiger partial charge in [-0.15, -0.1) is 0 Å². The second kappa shape index (κ2) is 7.77. The van der Waals surface area contributed by atoms with Gasteiger partial charge in [0.15, 0.2) is 5.78 Å². The van der Waals surface area contributed by atoms with Crippen molar-refractivity contribution >= 4 is 5.78 Å². The van der Waals surface area contributed by atoms with Gasteiger partial charge in [-0.1, -0.05) is 62.4 Å². The molecule has 3 nitrogen and oxygen atoms in total. The average Bonchev–Trinajstić information content (AvgIpc) is 3.01. The van der Waals surface area contributed by atoms with Crippen molar-refractivity contribution in [3.63, 3.8) is 0 Å². The molecule has 2 rings (SSSR count). The highest BCUT2D eigenvalue weighted by molar-refractivity contribution is 5.99. The Labute approximate surface area is 127 Å². The molecule has 0 bridgehead atoms. The molecule has 0 amide bonds. The largest absolute Gasteiger partial charge is 0.327 e. The SMILES string of the molecule is CCCCCCC(C(=O)c1ccc(C)cc1)n1ccnc1. The zero-order valence-corrected chi connectivity index (χ0v) is 13.0. The number of hydrogen-bond acceptors (Lipinski definition) is 2. The Balaban J connectivity index is 2.11.